The summed E-state index contributed by atoms with van der Waals surface area (Å²) in [4.78, 5) is 11.4. The highest BCUT2D eigenvalue weighted by Crippen LogP contribution is 2.32. The van der Waals surface area contributed by atoms with E-state index in [1.165, 1.54) is 30.6 Å². The van der Waals surface area contributed by atoms with Gasteiger partial charge in [0.25, 0.3) is 0 Å². The van der Waals surface area contributed by atoms with E-state index < -0.39 is 0 Å². The molecule has 1 aromatic rings. The molecule has 1 saturated heterocycles. The predicted octanol–water partition coefficient (Wildman–Crippen LogP) is 2.85. The minimum atomic E-state index is 0.0798. The zero-order valence-electron chi connectivity index (χ0n) is 11.6. The summed E-state index contributed by atoms with van der Waals surface area (Å²) >= 11 is 2.06. The maximum absolute atomic E-state index is 11.4. The summed E-state index contributed by atoms with van der Waals surface area (Å²) in [7, 11) is 0. The van der Waals surface area contributed by atoms with Crippen LogP contribution in [0.5, 0.6) is 0 Å². The summed E-state index contributed by atoms with van der Waals surface area (Å²) in [5.74, 6) is 1.36. The van der Waals surface area contributed by atoms with Crippen molar-refractivity contribution in [1.82, 2.24) is 0 Å². The fraction of sp³-hybridized carbons (Fsp3) is 0.533. The molecule has 2 aliphatic rings. The number of nitrogens with one attached hydrogen (secondary N) is 2. The lowest BCUT2D eigenvalue weighted by atomic mass is 10.0. The van der Waals surface area contributed by atoms with Crippen LogP contribution in [0.4, 0.5) is 17.1 Å². The van der Waals surface area contributed by atoms with Crippen molar-refractivity contribution in [2.24, 2.45) is 0 Å². The topological polar surface area (TPSA) is 67.1 Å². The van der Waals surface area contributed by atoms with Crippen molar-refractivity contribution in [2.45, 2.75) is 37.4 Å². The number of benzene rings is 1. The van der Waals surface area contributed by atoms with E-state index in [1.54, 1.807) is 0 Å². The average molecular weight is 291 g/mol. The maximum Gasteiger partial charge on any atom is 0.224 e. The van der Waals surface area contributed by atoms with Crippen molar-refractivity contribution < 1.29 is 4.79 Å². The Hall–Kier alpha value is -1.36. The van der Waals surface area contributed by atoms with Gasteiger partial charge in [0.15, 0.2) is 0 Å². The summed E-state index contributed by atoms with van der Waals surface area (Å²) in [5.41, 5.74) is 9.86. The highest BCUT2D eigenvalue weighted by Gasteiger charge is 2.18. The highest BCUT2D eigenvalue weighted by molar-refractivity contribution is 7.99. The Morgan fingerprint density at radius 3 is 3.05 bits per heavy atom. The molecular formula is C15H21N3OS. The number of fused-ring (bicyclic) bond motifs is 1. The number of carbonyl (C=O) groups is 1. The van der Waals surface area contributed by atoms with Gasteiger partial charge in [-0.3, -0.25) is 4.79 Å². The van der Waals surface area contributed by atoms with Crippen LogP contribution in [-0.4, -0.2) is 23.5 Å². The number of aryl methyl sites for hydroxylation is 1. The van der Waals surface area contributed by atoms with Crippen molar-refractivity contribution >= 4 is 34.7 Å². The second-order valence-corrected chi connectivity index (χ2v) is 6.92. The Kier molecular flexibility index (Phi) is 4.05. The van der Waals surface area contributed by atoms with Gasteiger partial charge in [-0.2, -0.15) is 11.8 Å². The minimum Gasteiger partial charge on any atom is -0.397 e. The summed E-state index contributed by atoms with van der Waals surface area (Å²) in [6.07, 6.45) is 5.34. The predicted molar refractivity (Wildman–Crippen MR) is 86.4 cm³/mol. The van der Waals surface area contributed by atoms with Crippen molar-refractivity contribution in [3.63, 3.8) is 0 Å². The molecule has 0 bridgehead atoms. The van der Waals surface area contributed by atoms with Gasteiger partial charge in [-0.1, -0.05) is 6.42 Å². The number of thioether (sulfide) groups is 1. The van der Waals surface area contributed by atoms with Crippen LogP contribution in [0.15, 0.2) is 12.1 Å². The fourth-order valence-electron chi connectivity index (χ4n) is 2.79. The first kappa shape index (κ1) is 13.6. The molecule has 2 aliphatic heterocycles. The van der Waals surface area contributed by atoms with E-state index >= 15 is 0 Å². The number of anilines is 3. The van der Waals surface area contributed by atoms with E-state index in [-0.39, 0.29) is 5.91 Å². The van der Waals surface area contributed by atoms with Gasteiger partial charge in [-0.25, -0.2) is 0 Å². The Bertz CT molecular complexity index is 512. The fourth-order valence-corrected chi connectivity index (χ4v) is 4.03. The molecule has 20 heavy (non-hydrogen) atoms. The molecule has 5 heteroatoms. The van der Waals surface area contributed by atoms with Gasteiger partial charge >= 0.3 is 0 Å². The first-order chi connectivity index (χ1) is 9.72. The molecule has 4 N–H and O–H groups in total. The second kappa shape index (κ2) is 5.95. The van der Waals surface area contributed by atoms with Crippen LogP contribution in [-0.2, 0) is 11.2 Å². The molecular weight excluding hydrogens is 270 g/mol. The standard InChI is InChI=1S/C15H21N3OS/c16-12-8-13-10(4-5-15(19)18-13)7-14(12)17-9-11-3-1-2-6-20-11/h7-8,11,17H,1-6,9,16H2,(H,18,19). The molecule has 1 fully saturated rings. The van der Waals surface area contributed by atoms with Gasteiger partial charge in [0.05, 0.1) is 11.4 Å². The van der Waals surface area contributed by atoms with Crippen LogP contribution in [0.25, 0.3) is 0 Å². The number of hydrogen-bond donors (Lipinski definition) is 3. The zero-order valence-corrected chi connectivity index (χ0v) is 12.4. The number of rotatable bonds is 3. The number of amides is 1. The quantitative estimate of drug-likeness (QED) is 0.749. The van der Waals surface area contributed by atoms with Crippen LogP contribution < -0.4 is 16.4 Å². The molecule has 2 heterocycles. The van der Waals surface area contributed by atoms with E-state index in [2.05, 4.69) is 28.5 Å². The van der Waals surface area contributed by atoms with E-state index in [0.717, 1.165) is 24.3 Å². The number of hydrogen-bond acceptors (Lipinski definition) is 4. The lowest BCUT2D eigenvalue weighted by molar-refractivity contribution is -0.116. The largest absolute Gasteiger partial charge is 0.397 e. The summed E-state index contributed by atoms with van der Waals surface area (Å²) in [6, 6.07) is 3.97. The monoisotopic (exact) mass is 291 g/mol. The molecule has 0 spiro atoms. The van der Waals surface area contributed by atoms with E-state index in [1.807, 2.05) is 6.07 Å². The van der Waals surface area contributed by atoms with Crippen LogP contribution in [0.1, 0.15) is 31.2 Å². The van der Waals surface area contributed by atoms with Gasteiger partial charge in [0.1, 0.15) is 0 Å². The number of nitrogens with two attached hydrogens (primary N) is 1. The van der Waals surface area contributed by atoms with E-state index in [9.17, 15) is 4.79 Å². The molecule has 1 amide bonds. The average Bonchev–Trinajstić information content (AvgIpc) is 2.46. The number of nitrogen functional groups attached to an aromatic ring is 1. The zero-order chi connectivity index (χ0) is 13.9. The van der Waals surface area contributed by atoms with Crippen LogP contribution >= 0.6 is 11.8 Å². The van der Waals surface area contributed by atoms with Gasteiger partial charge in [0.2, 0.25) is 5.91 Å². The smallest absolute Gasteiger partial charge is 0.224 e. The van der Waals surface area contributed by atoms with E-state index in [4.69, 9.17) is 5.73 Å². The van der Waals surface area contributed by atoms with E-state index in [0.29, 0.717) is 17.4 Å². The third-order valence-corrected chi connectivity index (χ3v) is 5.36. The summed E-state index contributed by atoms with van der Waals surface area (Å²) in [6.45, 7) is 0.972. The van der Waals surface area contributed by atoms with Gasteiger partial charge in [-0.05, 0) is 42.7 Å². The lowest BCUT2D eigenvalue weighted by Crippen LogP contribution is -2.22. The molecule has 3 rings (SSSR count). The molecule has 1 unspecified atom stereocenters. The van der Waals surface area contributed by atoms with Crippen LogP contribution in [0.2, 0.25) is 0 Å². The Balaban J connectivity index is 1.68. The Labute approximate surface area is 123 Å². The molecule has 0 radical (unpaired) electrons. The molecule has 0 saturated carbocycles. The lowest BCUT2D eigenvalue weighted by Gasteiger charge is -2.24. The molecule has 0 aromatic heterocycles. The molecule has 4 nitrogen and oxygen atoms in total. The molecule has 1 aromatic carbocycles. The molecule has 0 aliphatic carbocycles. The van der Waals surface area contributed by atoms with Gasteiger partial charge in [0, 0.05) is 23.9 Å². The summed E-state index contributed by atoms with van der Waals surface area (Å²) in [5, 5.41) is 7.06. The number of carbonyl (C=O) groups excluding carboxylic acids is 1. The van der Waals surface area contributed by atoms with Crippen molar-refractivity contribution in [3.8, 4) is 0 Å². The van der Waals surface area contributed by atoms with Crippen LogP contribution in [0.3, 0.4) is 0 Å². The Morgan fingerprint density at radius 2 is 2.25 bits per heavy atom. The third kappa shape index (κ3) is 3.03. The van der Waals surface area contributed by atoms with Gasteiger partial charge in [-0.15, -0.1) is 0 Å². The van der Waals surface area contributed by atoms with Gasteiger partial charge < -0.3 is 16.4 Å². The summed E-state index contributed by atoms with van der Waals surface area (Å²) < 4.78 is 0. The molecule has 108 valence electrons. The first-order valence-corrected chi connectivity index (χ1v) is 8.35. The first-order valence-electron chi connectivity index (χ1n) is 7.30. The van der Waals surface area contributed by atoms with Crippen molar-refractivity contribution in [1.29, 1.82) is 0 Å². The normalized spacial score (nSPS) is 22.0. The SMILES string of the molecule is Nc1cc2c(cc1NCC1CCCCS1)CCC(=O)N2. The third-order valence-electron chi connectivity index (χ3n) is 3.97. The van der Waals surface area contributed by atoms with Crippen LogP contribution in [0, 0.1) is 0 Å². The molecule has 1 atom stereocenters. The Morgan fingerprint density at radius 1 is 1.35 bits per heavy atom. The highest BCUT2D eigenvalue weighted by atomic mass is 32.2. The maximum atomic E-state index is 11.4. The minimum absolute atomic E-state index is 0.0798. The second-order valence-electron chi connectivity index (χ2n) is 5.51. The van der Waals surface area contributed by atoms with Crippen molar-refractivity contribution in [3.05, 3.63) is 17.7 Å². The van der Waals surface area contributed by atoms with Crippen molar-refractivity contribution in [2.75, 3.05) is 28.7 Å².